The Morgan fingerprint density at radius 1 is 1.12 bits per heavy atom. The molecule has 4 rings (SSSR count). The number of hydrogen-bond acceptors (Lipinski definition) is 6. The molecule has 0 N–H and O–H groups in total. The summed E-state index contributed by atoms with van der Waals surface area (Å²) in [6.45, 7) is 4.63. The highest BCUT2D eigenvalue weighted by Crippen LogP contribution is 2.23. The van der Waals surface area contributed by atoms with E-state index in [0.29, 0.717) is 30.7 Å². The standard InChI is InChI=1S/C25H25F2N3O4/c1-15(2)16-3-5-17(6-4-16)23-28-22(34-29-23)14-33-25(32)18-9-11-30(12-10-18)24(31)20-8-7-19(26)13-21(20)27/h3-8,13,15,18H,9-12,14H2,1-2H3. The van der Waals surface area contributed by atoms with Gasteiger partial charge in [-0.05, 0) is 36.5 Å². The zero-order chi connectivity index (χ0) is 24.2. The lowest BCUT2D eigenvalue weighted by molar-refractivity contribution is -0.152. The van der Waals surface area contributed by atoms with Gasteiger partial charge in [0.2, 0.25) is 5.82 Å². The van der Waals surface area contributed by atoms with Crippen LogP contribution >= 0.6 is 0 Å². The van der Waals surface area contributed by atoms with Gasteiger partial charge in [-0.15, -0.1) is 0 Å². The molecule has 1 aliphatic heterocycles. The fraction of sp³-hybridized carbons (Fsp3) is 0.360. The number of aromatic nitrogens is 2. The van der Waals surface area contributed by atoms with Gasteiger partial charge >= 0.3 is 5.97 Å². The summed E-state index contributed by atoms with van der Waals surface area (Å²) in [6.07, 6.45) is 0.759. The largest absolute Gasteiger partial charge is 0.455 e. The van der Waals surface area contributed by atoms with Crippen molar-refractivity contribution in [1.29, 1.82) is 0 Å². The van der Waals surface area contributed by atoms with Crippen LogP contribution < -0.4 is 0 Å². The first-order chi connectivity index (χ1) is 16.3. The van der Waals surface area contributed by atoms with Gasteiger partial charge in [0.15, 0.2) is 6.61 Å². The number of nitrogens with zero attached hydrogens (tertiary/aromatic N) is 3. The highest BCUT2D eigenvalue weighted by molar-refractivity contribution is 5.94. The van der Waals surface area contributed by atoms with Gasteiger partial charge in [-0.1, -0.05) is 43.3 Å². The van der Waals surface area contributed by atoms with Crippen LogP contribution in [0.3, 0.4) is 0 Å². The number of rotatable bonds is 6. The SMILES string of the molecule is CC(C)c1ccc(-c2noc(COC(=O)C3CCN(C(=O)c4ccc(F)cc4F)CC3)n2)cc1. The monoisotopic (exact) mass is 469 g/mol. The molecule has 2 heterocycles. The van der Waals surface area contributed by atoms with Crippen molar-refractivity contribution < 1.29 is 27.6 Å². The summed E-state index contributed by atoms with van der Waals surface area (Å²) < 4.78 is 37.5. The third-order valence-electron chi connectivity index (χ3n) is 5.92. The second kappa shape index (κ2) is 10.1. The normalized spacial score (nSPS) is 14.4. The molecule has 34 heavy (non-hydrogen) atoms. The Balaban J connectivity index is 1.27. The Labute approximate surface area is 195 Å². The van der Waals surface area contributed by atoms with Gasteiger partial charge in [-0.2, -0.15) is 4.98 Å². The van der Waals surface area contributed by atoms with E-state index in [-0.39, 0.29) is 31.2 Å². The molecule has 1 amide bonds. The number of carbonyl (C=O) groups excluding carboxylic acids is 2. The van der Waals surface area contributed by atoms with E-state index in [1.54, 1.807) is 0 Å². The van der Waals surface area contributed by atoms with Crippen molar-refractivity contribution in [2.45, 2.75) is 39.2 Å². The number of hydrogen-bond donors (Lipinski definition) is 0. The Bertz CT molecular complexity index is 1170. The molecule has 9 heteroatoms. The van der Waals surface area contributed by atoms with Crippen molar-refractivity contribution in [3.8, 4) is 11.4 Å². The van der Waals surface area contributed by atoms with E-state index in [4.69, 9.17) is 9.26 Å². The minimum Gasteiger partial charge on any atom is -0.455 e. The van der Waals surface area contributed by atoms with Gasteiger partial charge in [-0.25, -0.2) is 8.78 Å². The predicted octanol–water partition coefficient (Wildman–Crippen LogP) is 4.73. The number of benzene rings is 2. The number of likely N-dealkylation sites (tertiary alicyclic amines) is 1. The highest BCUT2D eigenvalue weighted by atomic mass is 19.1. The van der Waals surface area contributed by atoms with Crippen LogP contribution in [0.1, 0.15) is 54.4 Å². The molecular formula is C25H25F2N3O4. The van der Waals surface area contributed by atoms with Gasteiger partial charge in [0, 0.05) is 24.7 Å². The molecule has 0 unspecified atom stereocenters. The fourth-order valence-electron chi connectivity index (χ4n) is 3.85. The van der Waals surface area contributed by atoms with Gasteiger partial charge in [0.1, 0.15) is 11.6 Å². The van der Waals surface area contributed by atoms with Crippen LogP contribution in [-0.2, 0) is 16.1 Å². The number of carbonyl (C=O) groups is 2. The average molecular weight is 469 g/mol. The van der Waals surface area contributed by atoms with Crippen LogP contribution in [0.15, 0.2) is 47.0 Å². The maximum Gasteiger partial charge on any atom is 0.309 e. The van der Waals surface area contributed by atoms with Crippen molar-refractivity contribution in [2.24, 2.45) is 5.92 Å². The summed E-state index contributed by atoms with van der Waals surface area (Å²) in [5.74, 6) is -1.95. The molecular weight excluding hydrogens is 444 g/mol. The van der Waals surface area contributed by atoms with Crippen molar-refractivity contribution in [3.05, 3.63) is 71.1 Å². The Morgan fingerprint density at radius 3 is 2.47 bits per heavy atom. The smallest absolute Gasteiger partial charge is 0.309 e. The Hall–Kier alpha value is -3.62. The molecule has 1 saturated heterocycles. The van der Waals surface area contributed by atoms with Gasteiger partial charge < -0.3 is 14.2 Å². The molecule has 1 aliphatic rings. The van der Waals surface area contributed by atoms with Gasteiger partial charge in [0.05, 0.1) is 11.5 Å². The molecule has 0 atom stereocenters. The predicted molar refractivity (Wildman–Crippen MR) is 119 cm³/mol. The molecule has 1 fully saturated rings. The first-order valence-corrected chi connectivity index (χ1v) is 11.2. The van der Waals surface area contributed by atoms with Crippen LogP contribution in [0.5, 0.6) is 0 Å². The molecule has 178 valence electrons. The van der Waals surface area contributed by atoms with E-state index in [9.17, 15) is 18.4 Å². The van der Waals surface area contributed by atoms with E-state index in [1.807, 2.05) is 24.3 Å². The second-order valence-corrected chi connectivity index (χ2v) is 8.59. The minimum absolute atomic E-state index is 0.143. The second-order valence-electron chi connectivity index (χ2n) is 8.59. The lowest BCUT2D eigenvalue weighted by atomic mass is 9.96. The van der Waals surface area contributed by atoms with Crippen molar-refractivity contribution in [3.63, 3.8) is 0 Å². The lowest BCUT2D eigenvalue weighted by Gasteiger charge is -2.31. The Kier molecular flexibility index (Phi) is 7.00. The maximum absolute atomic E-state index is 13.9. The molecule has 2 aromatic carbocycles. The van der Waals surface area contributed by atoms with E-state index in [2.05, 4.69) is 24.0 Å². The molecule has 1 aromatic heterocycles. The summed E-state index contributed by atoms with van der Waals surface area (Å²) in [7, 11) is 0. The molecule has 0 spiro atoms. The highest BCUT2D eigenvalue weighted by Gasteiger charge is 2.30. The quantitative estimate of drug-likeness (QED) is 0.485. The summed E-state index contributed by atoms with van der Waals surface area (Å²) in [4.78, 5) is 30.7. The molecule has 0 aliphatic carbocycles. The van der Waals surface area contributed by atoms with E-state index in [1.165, 1.54) is 10.5 Å². The number of ether oxygens (including phenoxy) is 1. The topological polar surface area (TPSA) is 85.5 Å². The van der Waals surface area contributed by atoms with E-state index < -0.39 is 29.4 Å². The maximum atomic E-state index is 13.9. The first kappa shape index (κ1) is 23.5. The van der Waals surface area contributed by atoms with Crippen molar-refractivity contribution >= 4 is 11.9 Å². The zero-order valence-corrected chi connectivity index (χ0v) is 19.0. The van der Waals surface area contributed by atoms with Crippen molar-refractivity contribution in [2.75, 3.05) is 13.1 Å². The fourth-order valence-corrected chi connectivity index (χ4v) is 3.85. The molecule has 0 saturated carbocycles. The minimum atomic E-state index is -0.902. The third-order valence-corrected chi connectivity index (χ3v) is 5.92. The average Bonchev–Trinajstić information content (AvgIpc) is 3.31. The summed E-state index contributed by atoms with van der Waals surface area (Å²) in [6, 6.07) is 10.7. The number of esters is 1. The van der Waals surface area contributed by atoms with Gasteiger partial charge in [-0.3, -0.25) is 9.59 Å². The number of piperidine rings is 1. The van der Waals surface area contributed by atoms with Gasteiger partial charge in [0.25, 0.3) is 11.8 Å². The number of amides is 1. The summed E-state index contributed by atoms with van der Waals surface area (Å²) in [5, 5.41) is 3.95. The first-order valence-electron chi connectivity index (χ1n) is 11.2. The van der Waals surface area contributed by atoms with E-state index in [0.717, 1.165) is 17.7 Å². The Morgan fingerprint density at radius 2 is 1.82 bits per heavy atom. The van der Waals surface area contributed by atoms with Crippen molar-refractivity contribution in [1.82, 2.24) is 15.0 Å². The van der Waals surface area contributed by atoms with Crippen LogP contribution in [0.2, 0.25) is 0 Å². The zero-order valence-electron chi connectivity index (χ0n) is 19.0. The summed E-state index contributed by atoms with van der Waals surface area (Å²) in [5.41, 5.74) is 1.82. The third kappa shape index (κ3) is 5.30. The summed E-state index contributed by atoms with van der Waals surface area (Å²) >= 11 is 0. The molecule has 0 bridgehead atoms. The molecule has 7 nitrogen and oxygen atoms in total. The number of halogens is 2. The van der Waals surface area contributed by atoms with Crippen LogP contribution in [-0.4, -0.2) is 40.0 Å². The lowest BCUT2D eigenvalue weighted by Crippen LogP contribution is -2.41. The van der Waals surface area contributed by atoms with Crippen LogP contribution in [0.25, 0.3) is 11.4 Å². The van der Waals surface area contributed by atoms with E-state index >= 15 is 0 Å². The van der Waals surface area contributed by atoms with Crippen LogP contribution in [0, 0.1) is 17.6 Å². The molecule has 3 aromatic rings. The molecule has 0 radical (unpaired) electrons. The van der Waals surface area contributed by atoms with Crippen LogP contribution in [0.4, 0.5) is 8.78 Å².